The minimum atomic E-state index is -0.298. The summed E-state index contributed by atoms with van der Waals surface area (Å²) in [6, 6.07) is 7.16. The van der Waals surface area contributed by atoms with Gasteiger partial charge in [-0.25, -0.2) is 15.0 Å². The molecule has 0 saturated heterocycles. The molecule has 0 spiro atoms. The summed E-state index contributed by atoms with van der Waals surface area (Å²) < 4.78 is 0. The highest BCUT2D eigenvalue weighted by Gasteiger charge is 2.06. The molecule has 3 rings (SSSR count). The van der Waals surface area contributed by atoms with E-state index in [1.165, 1.54) is 6.92 Å². The van der Waals surface area contributed by atoms with E-state index >= 15 is 0 Å². The summed E-state index contributed by atoms with van der Waals surface area (Å²) in [6.07, 6.45) is 1.59. The molecule has 1 aromatic carbocycles. The molecule has 2 aromatic heterocycles. The Balaban J connectivity index is 1.79. The van der Waals surface area contributed by atoms with E-state index in [1.807, 2.05) is 12.1 Å². The third-order valence-corrected chi connectivity index (χ3v) is 3.35. The second-order valence-electron chi connectivity index (χ2n) is 5.17. The molecular weight excluding hydrogens is 294 g/mol. The molecule has 7 nitrogen and oxygen atoms in total. The monoisotopic (exact) mass is 309 g/mol. The largest absolute Gasteiger partial charge is 0.379 e. The number of aromatic amines is 1. The maximum atomic E-state index is 11.9. The van der Waals surface area contributed by atoms with Gasteiger partial charge in [-0.1, -0.05) is 0 Å². The number of anilines is 1. The van der Waals surface area contributed by atoms with E-state index in [0.717, 1.165) is 5.69 Å². The van der Waals surface area contributed by atoms with Crippen LogP contribution in [0.25, 0.3) is 11.2 Å². The fraction of sp³-hybridized carbons (Fsp3) is 0.188. The Labute approximate surface area is 131 Å². The van der Waals surface area contributed by atoms with Crippen LogP contribution in [-0.2, 0) is 6.54 Å². The first-order valence-electron chi connectivity index (χ1n) is 7.10. The van der Waals surface area contributed by atoms with E-state index in [2.05, 4.69) is 25.3 Å². The number of nitrogens with zero attached hydrogens (tertiary/aromatic N) is 3. The van der Waals surface area contributed by atoms with E-state index in [1.54, 1.807) is 25.3 Å². The molecule has 0 aliphatic heterocycles. The summed E-state index contributed by atoms with van der Waals surface area (Å²) in [4.78, 5) is 38.3. The number of rotatable bonds is 4. The Morgan fingerprint density at radius 1 is 1.22 bits per heavy atom. The van der Waals surface area contributed by atoms with Crippen molar-refractivity contribution in [3.05, 3.63) is 57.9 Å². The van der Waals surface area contributed by atoms with E-state index in [0.29, 0.717) is 29.3 Å². The van der Waals surface area contributed by atoms with Crippen LogP contribution in [0, 0.1) is 6.92 Å². The number of fused-ring (bicyclic) bond motifs is 1. The van der Waals surface area contributed by atoms with Gasteiger partial charge < -0.3 is 10.3 Å². The van der Waals surface area contributed by atoms with E-state index < -0.39 is 0 Å². The first-order valence-corrected chi connectivity index (χ1v) is 7.10. The summed E-state index contributed by atoms with van der Waals surface area (Å²) in [5.74, 6) is 0.534. The minimum Gasteiger partial charge on any atom is -0.379 e. The number of benzene rings is 1. The van der Waals surface area contributed by atoms with Crippen molar-refractivity contribution >= 4 is 22.6 Å². The average Bonchev–Trinajstić information content (AvgIpc) is 2.53. The van der Waals surface area contributed by atoms with Gasteiger partial charge in [-0.15, -0.1) is 0 Å². The summed E-state index contributed by atoms with van der Waals surface area (Å²) in [5, 5.41) is 3.18. The number of Topliss-reactive ketones (excluding diaryl/α,β-unsaturated/α-hetero) is 1. The zero-order chi connectivity index (χ0) is 16.4. The van der Waals surface area contributed by atoms with Crippen molar-refractivity contribution < 1.29 is 4.79 Å². The number of ketones is 1. The first kappa shape index (κ1) is 14.8. The number of carbonyl (C=O) groups is 1. The number of H-pyrrole nitrogens is 1. The third kappa shape index (κ3) is 3.23. The van der Waals surface area contributed by atoms with E-state index in [-0.39, 0.29) is 16.9 Å². The smallest absolute Gasteiger partial charge is 0.279 e. The molecule has 0 radical (unpaired) electrons. The van der Waals surface area contributed by atoms with Gasteiger partial charge in [0.05, 0.1) is 18.4 Å². The zero-order valence-corrected chi connectivity index (χ0v) is 12.8. The Morgan fingerprint density at radius 2 is 1.96 bits per heavy atom. The Hall–Kier alpha value is -3.09. The van der Waals surface area contributed by atoms with Crippen LogP contribution < -0.4 is 10.9 Å². The molecule has 0 bridgehead atoms. The van der Waals surface area contributed by atoms with Crippen LogP contribution in [0.5, 0.6) is 0 Å². The highest BCUT2D eigenvalue weighted by Crippen LogP contribution is 2.11. The summed E-state index contributed by atoms with van der Waals surface area (Å²) in [5.41, 5.74) is 2.40. The van der Waals surface area contributed by atoms with Crippen LogP contribution in [0.3, 0.4) is 0 Å². The third-order valence-electron chi connectivity index (χ3n) is 3.35. The molecule has 0 saturated carbocycles. The normalized spacial score (nSPS) is 10.7. The van der Waals surface area contributed by atoms with Gasteiger partial charge in [0.2, 0.25) is 0 Å². The first-order chi connectivity index (χ1) is 11.0. The molecule has 0 unspecified atom stereocenters. The topological polar surface area (TPSA) is 101 Å². The van der Waals surface area contributed by atoms with Gasteiger partial charge in [0.1, 0.15) is 5.82 Å². The lowest BCUT2D eigenvalue weighted by Gasteiger charge is -2.07. The number of nitrogens with one attached hydrogen (secondary N) is 2. The fourth-order valence-electron chi connectivity index (χ4n) is 2.16. The van der Waals surface area contributed by atoms with Crippen LogP contribution in [0.4, 0.5) is 5.69 Å². The number of aromatic nitrogens is 4. The number of aryl methyl sites for hydroxylation is 1. The molecule has 3 aromatic rings. The highest BCUT2D eigenvalue weighted by molar-refractivity contribution is 5.94. The summed E-state index contributed by atoms with van der Waals surface area (Å²) >= 11 is 0. The maximum Gasteiger partial charge on any atom is 0.279 e. The second-order valence-corrected chi connectivity index (χ2v) is 5.17. The molecule has 23 heavy (non-hydrogen) atoms. The molecule has 0 fully saturated rings. The molecule has 2 heterocycles. The molecule has 0 amide bonds. The van der Waals surface area contributed by atoms with Crippen molar-refractivity contribution in [2.24, 2.45) is 0 Å². The molecular formula is C16H15N5O2. The number of carbonyl (C=O) groups excluding carboxylic acids is 1. The molecule has 0 aliphatic rings. The maximum absolute atomic E-state index is 11.9. The van der Waals surface area contributed by atoms with Crippen LogP contribution >= 0.6 is 0 Å². The highest BCUT2D eigenvalue weighted by atomic mass is 16.1. The van der Waals surface area contributed by atoms with Crippen molar-refractivity contribution in [1.29, 1.82) is 0 Å². The van der Waals surface area contributed by atoms with Gasteiger partial charge in [-0.3, -0.25) is 9.59 Å². The molecule has 2 N–H and O–H groups in total. The Morgan fingerprint density at radius 3 is 2.65 bits per heavy atom. The molecule has 116 valence electrons. The zero-order valence-electron chi connectivity index (χ0n) is 12.8. The summed E-state index contributed by atoms with van der Waals surface area (Å²) in [7, 11) is 0. The van der Waals surface area contributed by atoms with Crippen molar-refractivity contribution in [1.82, 2.24) is 19.9 Å². The van der Waals surface area contributed by atoms with Gasteiger partial charge in [0.15, 0.2) is 16.9 Å². The molecule has 0 aliphatic carbocycles. The van der Waals surface area contributed by atoms with Crippen molar-refractivity contribution in [2.45, 2.75) is 20.4 Å². The van der Waals surface area contributed by atoms with E-state index in [9.17, 15) is 9.59 Å². The SMILES string of the molecule is CC(=O)c1ccc(NCc2cnc3nc(C)[nH]c(=O)c3n2)cc1. The molecule has 0 atom stereocenters. The average molecular weight is 309 g/mol. The van der Waals surface area contributed by atoms with Crippen LogP contribution in [0.1, 0.15) is 28.8 Å². The number of hydrogen-bond donors (Lipinski definition) is 2. The Kier molecular flexibility index (Phi) is 3.84. The van der Waals surface area contributed by atoms with E-state index in [4.69, 9.17) is 0 Å². The standard InChI is InChI=1S/C16H15N5O2/c1-9(22)11-3-5-12(6-4-11)17-7-13-8-18-15-14(21-13)16(23)20-10(2)19-15/h3-6,8,17H,7H2,1-2H3,(H,18,19,20,23). The van der Waals surface area contributed by atoms with Gasteiger partial charge in [-0.05, 0) is 38.1 Å². The van der Waals surface area contributed by atoms with Crippen LogP contribution in [0.2, 0.25) is 0 Å². The van der Waals surface area contributed by atoms with Gasteiger partial charge in [0.25, 0.3) is 5.56 Å². The quantitative estimate of drug-likeness (QED) is 0.713. The summed E-state index contributed by atoms with van der Waals surface area (Å²) in [6.45, 7) is 3.64. The van der Waals surface area contributed by atoms with Gasteiger partial charge in [-0.2, -0.15) is 0 Å². The second kappa shape index (κ2) is 5.96. The lowest BCUT2D eigenvalue weighted by atomic mass is 10.1. The Bertz CT molecular complexity index is 931. The van der Waals surface area contributed by atoms with Crippen molar-refractivity contribution in [3.8, 4) is 0 Å². The number of hydrogen-bond acceptors (Lipinski definition) is 6. The minimum absolute atomic E-state index is 0.0268. The lowest BCUT2D eigenvalue weighted by molar-refractivity contribution is 0.101. The van der Waals surface area contributed by atoms with Crippen LogP contribution in [-0.4, -0.2) is 25.7 Å². The van der Waals surface area contributed by atoms with Crippen LogP contribution in [0.15, 0.2) is 35.3 Å². The lowest BCUT2D eigenvalue weighted by Crippen LogP contribution is -2.14. The van der Waals surface area contributed by atoms with Gasteiger partial charge >= 0.3 is 0 Å². The van der Waals surface area contributed by atoms with Crippen molar-refractivity contribution in [3.63, 3.8) is 0 Å². The predicted molar refractivity (Wildman–Crippen MR) is 86.5 cm³/mol. The fourth-order valence-corrected chi connectivity index (χ4v) is 2.16. The molecule has 7 heteroatoms. The van der Waals surface area contributed by atoms with Gasteiger partial charge in [0, 0.05) is 11.3 Å². The predicted octanol–water partition coefficient (Wildman–Crippen LogP) is 1.84. The van der Waals surface area contributed by atoms with Crippen molar-refractivity contribution in [2.75, 3.05) is 5.32 Å².